The van der Waals surface area contributed by atoms with Crippen molar-refractivity contribution in [2.24, 2.45) is 0 Å². The summed E-state index contributed by atoms with van der Waals surface area (Å²) in [6.07, 6.45) is 1.80. The van der Waals surface area contributed by atoms with Crippen LogP contribution >= 0.6 is 0 Å². The molecule has 12 heteroatoms. The highest BCUT2D eigenvalue weighted by molar-refractivity contribution is 5.81. The van der Waals surface area contributed by atoms with Gasteiger partial charge in [0.25, 0.3) is 0 Å². The second-order valence-corrected chi connectivity index (χ2v) is 9.30. The first-order valence-electron chi connectivity index (χ1n) is 12.3. The Morgan fingerprint density at radius 1 is 1.22 bits per heavy atom. The quantitative estimate of drug-likeness (QED) is 0.254. The summed E-state index contributed by atoms with van der Waals surface area (Å²) in [6.45, 7) is 9.50. The molecule has 0 spiro atoms. The zero-order valence-electron chi connectivity index (χ0n) is 21.7. The SMILES string of the molecule is CCN(CC)c1ncc([N+](=O)[O-])c(NC(Cc2ccccc2)C(=O)OC(C)(C)COC(=O)N2CCC2)n1. The lowest BCUT2D eigenvalue weighted by Gasteiger charge is -2.32. The van der Waals surface area contributed by atoms with E-state index in [0.29, 0.717) is 32.1 Å². The highest BCUT2D eigenvalue weighted by Crippen LogP contribution is 2.26. The minimum Gasteiger partial charge on any atom is -0.454 e. The number of nitrogens with one attached hydrogen (secondary N) is 1. The van der Waals surface area contributed by atoms with Gasteiger partial charge in [0.1, 0.15) is 24.4 Å². The predicted molar refractivity (Wildman–Crippen MR) is 138 cm³/mol. The number of amides is 1. The number of carbonyl (C=O) groups excluding carboxylic acids is 2. The summed E-state index contributed by atoms with van der Waals surface area (Å²) in [4.78, 5) is 48.5. The minimum atomic E-state index is -1.13. The van der Waals surface area contributed by atoms with Gasteiger partial charge < -0.3 is 24.6 Å². The molecule has 1 aromatic heterocycles. The fourth-order valence-corrected chi connectivity index (χ4v) is 3.67. The monoisotopic (exact) mass is 514 g/mol. The number of carbonyl (C=O) groups is 2. The van der Waals surface area contributed by atoms with Crippen LogP contribution in [0.25, 0.3) is 0 Å². The third-order valence-corrected chi connectivity index (χ3v) is 5.91. The Labute approximate surface area is 216 Å². The summed E-state index contributed by atoms with van der Waals surface area (Å²) >= 11 is 0. The van der Waals surface area contributed by atoms with Crippen LogP contribution in [0.2, 0.25) is 0 Å². The molecule has 2 aromatic rings. The van der Waals surface area contributed by atoms with Crippen molar-refractivity contribution < 1.29 is 24.0 Å². The van der Waals surface area contributed by atoms with Crippen LogP contribution in [0.15, 0.2) is 36.5 Å². The Morgan fingerprint density at radius 3 is 2.46 bits per heavy atom. The van der Waals surface area contributed by atoms with Gasteiger partial charge in [0.15, 0.2) is 0 Å². The van der Waals surface area contributed by atoms with Gasteiger partial charge in [-0.1, -0.05) is 30.3 Å². The second kappa shape index (κ2) is 12.3. The molecule has 2 heterocycles. The normalized spacial score (nSPS) is 13.8. The van der Waals surface area contributed by atoms with Crippen molar-refractivity contribution in [3.05, 3.63) is 52.2 Å². The number of hydrogen-bond acceptors (Lipinski definition) is 10. The van der Waals surface area contributed by atoms with E-state index in [1.807, 2.05) is 49.1 Å². The third-order valence-electron chi connectivity index (χ3n) is 5.91. The van der Waals surface area contributed by atoms with E-state index in [2.05, 4.69) is 15.3 Å². The maximum atomic E-state index is 13.4. The predicted octanol–water partition coefficient (Wildman–Crippen LogP) is 3.42. The zero-order chi connectivity index (χ0) is 27.0. The van der Waals surface area contributed by atoms with Crippen molar-refractivity contribution in [2.45, 2.75) is 52.2 Å². The van der Waals surface area contributed by atoms with E-state index in [1.54, 1.807) is 18.7 Å². The number of nitrogens with zero attached hydrogens (tertiary/aromatic N) is 5. The van der Waals surface area contributed by atoms with E-state index in [0.717, 1.165) is 18.2 Å². The number of benzene rings is 1. The molecule has 1 fully saturated rings. The lowest BCUT2D eigenvalue weighted by Crippen LogP contribution is -2.46. The van der Waals surface area contributed by atoms with Crippen LogP contribution < -0.4 is 10.2 Å². The fourth-order valence-electron chi connectivity index (χ4n) is 3.67. The maximum Gasteiger partial charge on any atom is 0.409 e. The Morgan fingerprint density at radius 2 is 1.89 bits per heavy atom. The van der Waals surface area contributed by atoms with Crippen LogP contribution in [0.1, 0.15) is 39.7 Å². The largest absolute Gasteiger partial charge is 0.454 e. The van der Waals surface area contributed by atoms with Crippen LogP contribution in [0.4, 0.5) is 22.2 Å². The molecule has 200 valence electrons. The summed E-state index contributed by atoms with van der Waals surface area (Å²) in [5, 5.41) is 14.7. The molecule has 0 bridgehead atoms. The van der Waals surface area contributed by atoms with Gasteiger partial charge >= 0.3 is 17.7 Å². The zero-order valence-corrected chi connectivity index (χ0v) is 21.7. The van der Waals surface area contributed by atoms with E-state index >= 15 is 0 Å². The van der Waals surface area contributed by atoms with Crippen molar-refractivity contribution in [2.75, 3.05) is 43.0 Å². The van der Waals surface area contributed by atoms with Crippen LogP contribution in [0, 0.1) is 10.1 Å². The number of ether oxygens (including phenoxy) is 2. The Hall–Kier alpha value is -3.96. The molecule has 1 aliphatic rings. The number of nitro groups is 1. The topological polar surface area (TPSA) is 140 Å². The molecule has 1 aromatic carbocycles. The Kier molecular flexibility index (Phi) is 9.20. The summed E-state index contributed by atoms with van der Waals surface area (Å²) in [5.74, 6) is -0.434. The molecule has 0 aliphatic carbocycles. The van der Waals surface area contributed by atoms with E-state index in [1.165, 1.54) is 0 Å². The standard InChI is InChI=1S/C25H34N6O6/c1-5-29(6-2)23-26-16-20(31(34)35)21(28-23)27-19(15-18-11-8-7-9-12-18)22(32)37-25(3,4)17-36-24(33)30-13-10-14-30/h7-9,11-12,16,19H,5-6,10,13-15,17H2,1-4H3,(H,26,27,28). The summed E-state index contributed by atoms with van der Waals surface area (Å²) in [7, 11) is 0. The van der Waals surface area contributed by atoms with E-state index in [4.69, 9.17) is 9.47 Å². The molecule has 12 nitrogen and oxygen atoms in total. The van der Waals surface area contributed by atoms with Crippen molar-refractivity contribution in [1.82, 2.24) is 14.9 Å². The number of hydrogen-bond donors (Lipinski definition) is 1. The number of anilines is 2. The van der Waals surface area contributed by atoms with E-state index in [9.17, 15) is 19.7 Å². The maximum absolute atomic E-state index is 13.4. The lowest BCUT2D eigenvalue weighted by molar-refractivity contribution is -0.384. The minimum absolute atomic E-state index is 0.0817. The number of aromatic nitrogens is 2. The molecule has 1 atom stereocenters. The highest BCUT2D eigenvalue weighted by Gasteiger charge is 2.33. The van der Waals surface area contributed by atoms with Crippen LogP contribution in [-0.4, -0.2) is 76.3 Å². The molecule has 0 radical (unpaired) electrons. The fraction of sp³-hybridized carbons (Fsp3) is 0.520. The summed E-state index contributed by atoms with van der Waals surface area (Å²) in [5.41, 5.74) is -0.665. The molecular weight excluding hydrogens is 480 g/mol. The van der Waals surface area contributed by atoms with Gasteiger partial charge in [-0.25, -0.2) is 14.6 Å². The molecule has 1 aliphatic heterocycles. The molecular formula is C25H34N6O6. The average Bonchev–Trinajstić information content (AvgIpc) is 2.82. The van der Waals surface area contributed by atoms with E-state index in [-0.39, 0.29) is 24.5 Å². The molecule has 3 rings (SSSR count). The van der Waals surface area contributed by atoms with Gasteiger partial charge in [0.05, 0.1) is 4.92 Å². The average molecular weight is 515 g/mol. The Bertz CT molecular complexity index is 1090. The number of esters is 1. The first-order chi connectivity index (χ1) is 17.6. The van der Waals surface area contributed by atoms with Crippen LogP contribution in [-0.2, 0) is 20.7 Å². The lowest BCUT2D eigenvalue weighted by atomic mass is 10.1. The number of rotatable bonds is 12. The molecule has 1 unspecified atom stereocenters. The van der Waals surface area contributed by atoms with Crippen molar-refractivity contribution in [3.8, 4) is 0 Å². The Balaban J connectivity index is 1.83. The van der Waals surface area contributed by atoms with Gasteiger partial charge in [-0.3, -0.25) is 10.1 Å². The summed E-state index contributed by atoms with van der Waals surface area (Å²) in [6, 6.07) is 8.21. The molecule has 1 N–H and O–H groups in total. The van der Waals surface area contributed by atoms with Crippen LogP contribution in [0.5, 0.6) is 0 Å². The first-order valence-corrected chi connectivity index (χ1v) is 12.3. The number of likely N-dealkylation sites (tertiary alicyclic amines) is 1. The molecule has 1 saturated heterocycles. The first kappa shape index (κ1) is 27.6. The molecule has 37 heavy (non-hydrogen) atoms. The highest BCUT2D eigenvalue weighted by atomic mass is 16.6. The summed E-state index contributed by atoms with van der Waals surface area (Å²) < 4.78 is 11.0. The molecule has 1 amide bonds. The van der Waals surface area contributed by atoms with Crippen molar-refractivity contribution in [1.29, 1.82) is 0 Å². The smallest absolute Gasteiger partial charge is 0.409 e. The van der Waals surface area contributed by atoms with Gasteiger partial charge in [-0.05, 0) is 39.7 Å². The van der Waals surface area contributed by atoms with Gasteiger partial charge in [-0.2, -0.15) is 4.98 Å². The van der Waals surface area contributed by atoms with Crippen LogP contribution in [0.3, 0.4) is 0 Å². The van der Waals surface area contributed by atoms with Crippen molar-refractivity contribution >= 4 is 29.5 Å². The molecule has 0 saturated carbocycles. The van der Waals surface area contributed by atoms with Gasteiger partial charge in [0, 0.05) is 32.6 Å². The van der Waals surface area contributed by atoms with E-state index < -0.39 is 28.6 Å². The van der Waals surface area contributed by atoms with Crippen molar-refractivity contribution in [3.63, 3.8) is 0 Å². The second-order valence-electron chi connectivity index (χ2n) is 9.30. The third kappa shape index (κ3) is 7.51. The van der Waals surface area contributed by atoms with Gasteiger partial charge in [0.2, 0.25) is 11.8 Å². The van der Waals surface area contributed by atoms with Gasteiger partial charge in [-0.15, -0.1) is 0 Å².